The number of nitrogens with one attached hydrogen (secondary N) is 2. The molecule has 0 aliphatic carbocycles. The lowest BCUT2D eigenvalue weighted by atomic mass is 9.92. The summed E-state index contributed by atoms with van der Waals surface area (Å²) in [5, 5.41) is 5.88. The van der Waals surface area contributed by atoms with Gasteiger partial charge in [-0.3, -0.25) is 9.59 Å². The van der Waals surface area contributed by atoms with Gasteiger partial charge in [-0.15, -0.1) is 0 Å². The summed E-state index contributed by atoms with van der Waals surface area (Å²) in [6.45, 7) is 7.93. The van der Waals surface area contributed by atoms with Crippen molar-refractivity contribution in [2.24, 2.45) is 11.7 Å². The summed E-state index contributed by atoms with van der Waals surface area (Å²) in [5.41, 5.74) is 8.53. The normalized spacial score (nSPS) is 13.3. The Morgan fingerprint density at radius 1 is 0.949 bits per heavy atom. The second-order valence-corrected chi connectivity index (χ2v) is 9.86. The maximum atomic E-state index is 13.4. The third-order valence-corrected chi connectivity index (χ3v) is 6.14. The highest BCUT2D eigenvalue weighted by molar-refractivity contribution is 5.95. The summed E-state index contributed by atoms with van der Waals surface area (Å²) >= 11 is 0. The van der Waals surface area contributed by atoms with Crippen molar-refractivity contribution in [2.45, 2.75) is 58.7 Å². The molecule has 3 aromatic carbocycles. The van der Waals surface area contributed by atoms with Crippen molar-refractivity contribution in [3.05, 3.63) is 89.7 Å². The molecule has 0 aliphatic rings. The lowest BCUT2D eigenvalue weighted by Gasteiger charge is -2.27. The number of halogens is 1. The molecular weight excluding hydrogens is 497 g/mol. The van der Waals surface area contributed by atoms with E-state index in [4.69, 9.17) is 15.2 Å². The maximum Gasteiger partial charge on any atom is 0.251 e. The molecule has 0 heterocycles. The predicted octanol–water partition coefficient (Wildman–Crippen LogP) is 5.34. The van der Waals surface area contributed by atoms with Crippen molar-refractivity contribution in [3.63, 3.8) is 0 Å². The van der Waals surface area contributed by atoms with Gasteiger partial charge in [0.15, 0.2) is 0 Å². The first-order chi connectivity index (χ1) is 18.6. The molecule has 0 radical (unpaired) electrons. The van der Waals surface area contributed by atoms with Gasteiger partial charge in [-0.2, -0.15) is 0 Å². The fourth-order valence-electron chi connectivity index (χ4n) is 4.20. The first kappa shape index (κ1) is 29.6. The second-order valence-electron chi connectivity index (χ2n) is 9.86. The van der Waals surface area contributed by atoms with Crippen LogP contribution in [-0.2, 0) is 11.2 Å². The molecule has 0 bridgehead atoms. The molecular formula is C31H38FN3O4. The lowest BCUT2D eigenvalue weighted by Crippen LogP contribution is -2.50. The Bertz CT molecular complexity index is 1220. The average molecular weight is 536 g/mol. The molecule has 0 aromatic heterocycles. The summed E-state index contributed by atoms with van der Waals surface area (Å²) < 4.78 is 24.7. The van der Waals surface area contributed by atoms with Gasteiger partial charge in [0.25, 0.3) is 5.91 Å². The Balaban J connectivity index is 1.77. The minimum atomic E-state index is -0.524. The Kier molecular flexibility index (Phi) is 10.9. The Morgan fingerprint density at radius 2 is 1.62 bits per heavy atom. The molecule has 3 atom stereocenters. The number of nitrogens with two attached hydrogens (primary N) is 1. The number of carbonyl (C=O) groups is 2. The molecule has 4 N–H and O–H groups in total. The minimum Gasteiger partial charge on any atom is -0.494 e. The molecule has 0 saturated heterocycles. The van der Waals surface area contributed by atoms with Crippen LogP contribution >= 0.6 is 0 Å². The van der Waals surface area contributed by atoms with E-state index in [1.54, 1.807) is 25.1 Å². The van der Waals surface area contributed by atoms with Gasteiger partial charge in [0.2, 0.25) is 5.91 Å². The van der Waals surface area contributed by atoms with E-state index in [-0.39, 0.29) is 23.7 Å². The quantitative estimate of drug-likeness (QED) is 0.274. The van der Waals surface area contributed by atoms with E-state index < -0.39 is 18.0 Å². The number of anilines is 1. The topological polar surface area (TPSA) is 103 Å². The summed E-state index contributed by atoms with van der Waals surface area (Å²) in [7, 11) is 0. The molecule has 208 valence electrons. The fourth-order valence-corrected chi connectivity index (χ4v) is 4.20. The van der Waals surface area contributed by atoms with Gasteiger partial charge < -0.3 is 25.8 Å². The van der Waals surface area contributed by atoms with Crippen molar-refractivity contribution in [3.8, 4) is 11.5 Å². The third kappa shape index (κ3) is 9.41. The molecule has 0 fully saturated rings. The van der Waals surface area contributed by atoms with Crippen molar-refractivity contribution in [1.82, 2.24) is 5.32 Å². The van der Waals surface area contributed by atoms with Gasteiger partial charge >= 0.3 is 0 Å². The lowest BCUT2D eigenvalue weighted by molar-refractivity contribution is -0.119. The SMILES string of the molecule is CCOc1cc(OC(C)C)cc(C(=O)N[C@@H](Cc2ccccc2)[C@@H](N)C[C@@H](C)C(=O)Nc2ccc(F)cc2)c1. The van der Waals surface area contributed by atoms with Crippen LogP contribution in [0, 0.1) is 11.7 Å². The number of carbonyl (C=O) groups excluding carboxylic acids is 2. The van der Waals surface area contributed by atoms with Gasteiger partial charge in [0.05, 0.1) is 12.7 Å². The number of benzene rings is 3. The molecule has 0 aliphatic heterocycles. The molecule has 0 saturated carbocycles. The summed E-state index contributed by atoms with van der Waals surface area (Å²) in [6.07, 6.45) is 0.742. The highest BCUT2D eigenvalue weighted by Gasteiger charge is 2.26. The van der Waals surface area contributed by atoms with Crippen LogP contribution in [0.5, 0.6) is 11.5 Å². The number of hydrogen-bond acceptors (Lipinski definition) is 5. The molecule has 3 aromatic rings. The van der Waals surface area contributed by atoms with Crippen LogP contribution in [-0.4, -0.2) is 36.6 Å². The first-order valence-electron chi connectivity index (χ1n) is 13.3. The summed E-state index contributed by atoms with van der Waals surface area (Å²) in [6, 6.07) is 19.5. The third-order valence-electron chi connectivity index (χ3n) is 6.14. The molecule has 2 amide bonds. The van der Waals surface area contributed by atoms with E-state index in [1.165, 1.54) is 24.3 Å². The van der Waals surface area contributed by atoms with Crippen molar-refractivity contribution >= 4 is 17.5 Å². The predicted molar refractivity (Wildman–Crippen MR) is 152 cm³/mol. The second kappa shape index (κ2) is 14.3. The van der Waals surface area contributed by atoms with Crippen LogP contribution in [0.15, 0.2) is 72.8 Å². The zero-order valence-electron chi connectivity index (χ0n) is 22.9. The van der Waals surface area contributed by atoms with Gasteiger partial charge in [0.1, 0.15) is 17.3 Å². The highest BCUT2D eigenvalue weighted by Crippen LogP contribution is 2.25. The van der Waals surface area contributed by atoms with E-state index in [9.17, 15) is 14.0 Å². The van der Waals surface area contributed by atoms with Gasteiger partial charge in [0, 0.05) is 35.3 Å². The standard InChI is InChI=1S/C31H38FN3O4/c1-5-38-26-17-23(18-27(19-26)39-20(2)3)31(37)35-29(16-22-9-7-6-8-10-22)28(33)15-21(4)30(36)34-25-13-11-24(32)12-14-25/h6-14,17-21,28-29H,5,15-16,33H2,1-4H3,(H,34,36)(H,35,37)/t21-,28+,29+/m1/s1. The molecule has 0 unspecified atom stereocenters. The largest absolute Gasteiger partial charge is 0.494 e. The Labute approximate surface area is 229 Å². The minimum absolute atomic E-state index is 0.0698. The first-order valence-corrected chi connectivity index (χ1v) is 13.3. The van der Waals surface area contributed by atoms with E-state index in [1.807, 2.05) is 51.1 Å². The Morgan fingerprint density at radius 3 is 2.26 bits per heavy atom. The van der Waals surface area contributed by atoms with E-state index in [0.29, 0.717) is 42.2 Å². The molecule has 3 rings (SSSR count). The highest BCUT2D eigenvalue weighted by atomic mass is 19.1. The number of amides is 2. The van der Waals surface area contributed by atoms with Crippen LogP contribution in [0.1, 0.15) is 50.0 Å². The Hall–Kier alpha value is -3.91. The van der Waals surface area contributed by atoms with E-state index in [0.717, 1.165) is 5.56 Å². The zero-order valence-corrected chi connectivity index (χ0v) is 22.9. The molecule has 8 heteroatoms. The molecule has 0 spiro atoms. The van der Waals surface area contributed by atoms with E-state index >= 15 is 0 Å². The van der Waals surface area contributed by atoms with Crippen LogP contribution in [0.4, 0.5) is 10.1 Å². The monoisotopic (exact) mass is 535 g/mol. The van der Waals surface area contributed by atoms with Gasteiger partial charge in [-0.25, -0.2) is 4.39 Å². The van der Waals surface area contributed by atoms with Gasteiger partial charge in [-0.1, -0.05) is 37.3 Å². The van der Waals surface area contributed by atoms with E-state index in [2.05, 4.69) is 10.6 Å². The van der Waals surface area contributed by atoms with Crippen molar-refractivity contribution < 1.29 is 23.5 Å². The van der Waals surface area contributed by atoms with Crippen LogP contribution < -0.4 is 25.8 Å². The number of ether oxygens (including phenoxy) is 2. The van der Waals surface area contributed by atoms with Crippen LogP contribution in [0.2, 0.25) is 0 Å². The molecule has 7 nitrogen and oxygen atoms in total. The molecule has 39 heavy (non-hydrogen) atoms. The summed E-state index contributed by atoms with van der Waals surface area (Å²) in [4.78, 5) is 26.3. The van der Waals surface area contributed by atoms with Crippen LogP contribution in [0.3, 0.4) is 0 Å². The smallest absolute Gasteiger partial charge is 0.251 e. The number of hydrogen-bond donors (Lipinski definition) is 3. The average Bonchev–Trinajstić information content (AvgIpc) is 2.89. The van der Waals surface area contributed by atoms with Crippen molar-refractivity contribution in [1.29, 1.82) is 0 Å². The fraction of sp³-hybridized carbons (Fsp3) is 0.355. The van der Waals surface area contributed by atoms with Gasteiger partial charge in [-0.05, 0) is 75.6 Å². The van der Waals surface area contributed by atoms with Crippen LogP contribution in [0.25, 0.3) is 0 Å². The maximum absolute atomic E-state index is 13.4. The summed E-state index contributed by atoms with van der Waals surface area (Å²) in [5.74, 6) is -0.302. The zero-order chi connectivity index (χ0) is 28.4. The number of rotatable bonds is 13. The van der Waals surface area contributed by atoms with Crippen molar-refractivity contribution in [2.75, 3.05) is 11.9 Å².